The maximum atomic E-state index is 12.6. The molecule has 3 rings (SSSR count). The van der Waals surface area contributed by atoms with Crippen molar-refractivity contribution in [1.29, 1.82) is 0 Å². The molecule has 0 spiro atoms. The Hall–Kier alpha value is -1.88. The third-order valence-electron chi connectivity index (χ3n) is 5.81. The summed E-state index contributed by atoms with van der Waals surface area (Å²) in [7, 11) is 0. The molecule has 1 unspecified atom stereocenters. The molecule has 2 amide bonds. The van der Waals surface area contributed by atoms with Crippen molar-refractivity contribution in [1.82, 2.24) is 9.80 Å². The van der Waals surface area contributed by atoms with Crippen LogP contribution in [0, 0.1) is 13.8 Å². The van der Waals surface area contributed by atoms with Crippen LogP contribution < -0.4 is 5.32 Å². The molecule has 0 radical (unpaired) electrons. The monoisotopic (exact) mass is 371 g/mol. The number of carbonyl (C=O) groups is 2. The van der Waals surface area contributed by atoms with Crippen LogP contribution in [-0.2, 0) is 9.59 Å². The van der Waals surface area contributed by atoms with Crippen LogP contribution in [-0.4, -0.2) is 53.3 Å². The Labute approximate surface area is 163 Å². The van der Waals surface area contributed by atoms with E-state index in [1.54, 1.807) is 0 Å². The molecule has 1 atom stereocenters. The summed E-state index contributed by atoms with van der Waals surface area (Å²) in [6.07, 6.45) is 6.21. The first-order valence-corrected chi connectivity index (χ1v) is 10.3. The van der Waals surface area contributed by atoms with Crippen molar-refractivity contribution in [3.63, 3.8) is 0 Å². The van der Waals surface area contributed by atoms with E-state index < -0.39 is 0 Å². The van der Waals surface area contributed by atoms with Gasteiger partial charge in [0.25, 0.3) is 0 Å². The molecule has 0 aromatic heterocycles. The number of piperidine rings is 1. The summed E-state index contributed by atoms with van der Waals surface area (Å²) in [6.45, 7) is 8.10. The van der Waals surface area contributed by atoms with Crippen LogP contribution in [0.15, 0.2) is 18.2 Å². The van der Waals surface area contributed by atoms with Crippen molar-refractivity contribution in [2.45, 2.75) is 71.4 Å². The third kappa shape index (κ3) is 5.55. The second-order valence-corrected chi connectivity index (χ2v) is 8.25. The lowest BCUT2D eigenvalue weighted by molar-refractivity contribution is -0.135. The van der Waals surface area contributed by atoms with Crippen LogP contribution in [0.3, 0.4) is 0 Å². The quantitative estimate of drug-likeness (QED) is 0.798. The lowest BCUT2D eigenvalue weighted by Crippen LogP contribution is -2.44. The summed E-state index contributed by atoms with van der Waals surface area (Å²) in [6, 6.07) is 6.90. The lowest BCUT2D eigenvalue weighted by Gasteiger charge is -2.34. The number of nitrogens with zero attached hydrogens (tertiary/aromatic N) is 2. The number of benzene rings is 1. The van der Waals surface area contributed by atoms with Gasteiger partial charge >= 0.3 is 0 Å². The van der Waals surface area contributed by atoms with Crippen LogP contribution in [0.4, 0.5) is 5.69 Å². The highest BCUT2D eigenvalue weighted by Crippen LogP contribution is 2.27. The largest absolute Gasteiger partial charge is 0.340 e. The zero-order valence-corrected chi connectivity index (χ0v) is 17.0. The molecule has 1 aromatic rings. The van der Waals surface area contributed by atoms with E-state index in [0.717, 1.165) is 49.0 Å². The van der Waals surface area contributed by atoms with Gasteiger partial charge in [-0.25, -0.2) is 0 Å². The van der Waals surface area contributed by atoms with Crippen molar-refractivity contribution in [3.05, 3.63) is 29.3 Å². The average Bonchev–Trinajstić information content (AvgIpc) is 3.47. The number of amides is 2. The van der Waals surface area contributed by atoms with Gasteiger partial charge in [-0.05, 0) is 70.1 Å². The SMILES string of the molecule is Cc1ccc(C)c(NC(=O)CN(CCC(=O)N2CCCCC2C)C2CC2)c1. The first kappa shape index (κ1) is 19.9. The maximum Gasteiger partial charge on any atom is 0.238 e. The Morgan fingerprint density at radius 1 is 1.19 bits per heavy atom. The summed E-state index contributed by atoms with van der Waals surface area (Å²) in [5.41, 5.74) is 3.09. The second kappa shape index (κ2) is 8.87. The van der Waals surface area contributed by atoms with E-state index in [-0.39, 0.29) is 11.8 Å². The molecule has 0 bridgehead atoms. The molecule has 5 heteroatoms. The minimum atomic E-state index is 0.00869. The Balaban J connectivity index is 1.52. The molecular weight excluding hydrogens is 338 g/mol. The summed E-state index contributed by atoms with van der Waals surface area (Å²) in [4.78, 5) is 29.4. The van der Waals surface area contributed by atoms with Crippen molar-refractivity contribution >= 4 is 17.5 Å². The summed E-state index contributed by atoms with van der Waals surface area (Å²) < 4.78 is 0. The minimum Gasteiger partial charge on any atom is -0.340 e. The minimum absolute atomic E-state index is 0.00869. The molecule has 1 heterocycles. The molecule has 2 fully saturated rings. The zero-order chi connectivity index (χ0) is 19.4. The molecule has 148 valence electrons. The number of likely N-dealkylation sites (tertiary alicyclic amines) is 1. The van der Waals surface area contributed by atoms with Gasteiger partial charge in [0.1, 0.15) is 0 Å². The normalized spacial score (nSPS) is 20.0. The number of rotatable bonds is 7. The molecule has 1 aliphatic heterocycles. The molecule has 5 nitrogen and oxygen atoms in total. The first-order chi connectivity index (χ1) is 12.9. The summed E-state index contributed by atoms with van der Waals surface area (Å²) in [5, 5.41) is 3.05. The molecule has 2 aliphatic rings. The van der Waals surface area contributed by atoms with E-state index in [4.69, 9.17) is 0 Å². The van der Waals surface area contributed by atoms with E-state index in [1.807, 2.05) is 30.9 Å². The smallest absolute Gasteiger partial charge is 0.238 e. The molecule has 1 saturated carbocycles. The third-order valence-corrected chi connectivity index (χ3v) is 5.81. The number of hydrogen-bond donors (Lipinski definition) is 1. The van der Waals surface area contributed by atoms with Crippen molar-refractivity contribution in [2.24, 2.45) is 0 Å². The van der Waals surface area contributed by atoms with Crippen LogP contribution in [0.5, 0.6) is 0 Å². The van der Waals surface area contributed by atoms with Gasteiger partial charge in [-0.2, -0.15) is 0 Å². The van der Waals surface area contributed by atoms with E-state index in [2.05, 4.69) is 23.2 Å². The summed E-state index contributed by atoms with van der Waals surface area (Å²) >= 11 is 0. The van der Waals surface area contributed by atoms with E-state index >= 15 is 0 Å². The van der Waals surface area contributed by atoms with E-state index in [9.17, 15) is 9.59 Å². The second-order valence-electron chi connectivity index (χ2n) is 8.25. The van der Waals surface area contributed by atoms with E-state index in [1.165, 1.54) is 6.42 Å². The van der Waals surface area contributed by atoms with Gasteiger partial charge in [-0.1, -0.05) is 12.1 Å². The maximum absolute atomic E-state index is 12.6. The first-order valence-electron chi connectivity index (χ1n) is 10.3. The topological polar surface area (TPSA) is 52.7 Å². The van der Waals surface area contributed by atoms with Gasteiger partial charge in [0.2, 0.25) is 11.8 Å². The van der Waals surface area contributed by atoms with Crippen molar-refractivity contribution in [3.8, 4) is 0 Å². The fourth-order valence-corrected chi connectivity index (χ4v) is 3.93. The van der Waals surface area contributed by atoms with Crippen LogP contribution in [0.1, 0.15) is 56.6 Å². The van der Waals surface area contributed by atoms with Crippen LogP contribution in [0.25, 0.3) is 0 Å². The Bertz CT molecular complexity index is 684. The van der Waals surface area contributed by atoms with Crippen molar-refractivity contribution in [2.75, 3.05) is 25.0 Å². The Kier molecular flexibility index (Phi) is 6.53. The molecular formula is C22H33N3O2. The average molecular weight is 372 g/mol. The lowest BCUT2D eigenvalue weighted by atomic mass is 10.0. The molecule has 1 N–H and O–H groups in total. The number of carbonyl (C=O) groups excluding carboxylic acids is 2. The van der Waals surface area contributed by atoms with Crippen LogP contribution in [0.2, 0.25) is 0 Å². The molecule has 27 heavy (non-hydrogen) atoms. The van der Waals surface area contributed by atoms with Gasteiger partial charge in [0.15, 0.2) is 0 Å². The molecule has 1 aliphatic carbocycles. The molecule has 1 aromatic carbocycles. The van der Waals surface area contributed by atoms with E-state index in [0.29, 0.717) is 31.6 Å². The predicted molar refractivity (Wildman–Crippen MR) is 109 cm³/mol. The summed E-state index contributed by atoms with van der Waals surface area (Å²) in [5.74, 6) is 0.247. The highest BCUT2D eigenvalue weighted by atomic mass is 16.2. The highest BCUT2D eigenvalue weighted by molar-refractivity contribution is 5.93. The Morgan fingerprint density at radius 3 is 2.67 bits per heavy atom. The number of anilines is 1. The fourth-order valence-electron chi connectivity index (χ4n) is 3.93. The van der Waals surface area contributed by atoms with Gasteiger partial charge in [0.05, 0.1) is 6.54 Å². The standard InChI is InChI=1S/C22H33N3O2/c1-16-7-8-17(2)20(14-16)23-21(26)15-24(19-9-10-19)13-11-22(27)25-12-5-4-6-18(25)3/h7-8,14,18-19H,4-6,9-13,15H2,1-3H3,(H,23,26). The predicted octanol–water partition coefficient (Wildman–Crippen LogP) is 3.50. The van der Waals surface area contributed by atoms with Gasteiger partial charge in [-0.3, -0.25) is 14.5 Å². The number of hydrogen-bond acceptors (Lipinski definition) is 3. The highest BCUT2D eigenvalue weighted by Gasteiger charge is 2.31. The number of aryl methyl sites for hydroxylation is 2. The van der Waals surface area contributed by atoms with Crippen LogP contribution >= 0.6 is 0 Å². The Morgan fingerprint density at radius 2 is 1.96 bits per heavy atom. The molecule has 1 saturated heterocycles. The zero-order valence-electron chi connectivity index (χ0n) is 17.0. The van der Waals surface area contributed by atoms with Gasteiger partial charge < -0.3 is 10.2 Å². The fraction of sp³-hybridized carbons (Fsp3) is 0.636. The van der Waals surface area contributed by atoms with Gasteiger partial charge in [-0.15, -0.1) is 0 Å². The number of nitrogens with one attached hydrogen (secondary N) is 1. The van der Waals surface area contributed by atoms with Crippen molar-refractivity contribution < 1.29 is 9.59 Å². The van der Waals surface area contributed by atoms with Gasteiger partial charge in [0, 0.05) is 37.3 Å².